The summed E-state index contributed by atoms with van der Waals surface area (Å²) in [5, 5.41) is 4.92. The Morgan fingerprint density at radius 3 is 1.51 bits per heavy atom. The molecule has 1 aromatic heterocycles. The molecule has 0 aliphatic heterocycles. The molecular weight excluding hydrogens is 823 g/mol. The van der Waals surface area contributed by atoms with Crippen LogP contribution in [0.4, 0.5) is 34.1 Å². The Morgan fingerprint density at radius 1 is 0.309 bits per heavy atom. The molecule has 2 aliphatic carbocycles. The average molecular weight is 866 g/mol. The third kappa shape index (κ3) is 5.47. The van der Waals surface area contributed by atoms with Gasteiger partial charge in [-0.3, -0.25) is 0 Å². The van der Waals surface area contributed by atoms with Crippen molar-refractivity contribution >= 4 is 66.7 Å². The molecule has 1 atom stereocenters. The van der Waals surface area contributed by atoms with E-state index in [1.807, 2.05) is 0 Å². The van der Waals surface area contributed by atoms with Crippen LogP contribution in [-0.2, 0) is 5.41 Å². The monoisotopic (exact) mass is 865 g/mol. The fraction of sp³-hybridized carbons (Fsp3) is 0.0154. The minimum atomic E-state index is -0.643. The highest BCUT2D eigenvalue weighted by molar-refractivity contribution is 6.13. The van der Waals surface area contributed by atoms with E-state index in [0.717, 1.165) is 45.3 Å². The summed E-state index contributed by atoms with van der Waals surface area (Å²) in [5.41, 5.74) is 19.8. The molecular formula is C65H43N3. The Morgan fingerprint density at radius 2 is 0.809 bits per heavy atom. The second-order valence-electron chi connectivity index (χ2n) is 18.0. The van der Waals surface area contributed by atoms with Crippen molar-refractivity contribution in [2.45, 2.75) is 5.41 Å². The molecule has 0 saturated heterocycles. The molecule has 3 nitrogen and oxygen atoms in total. The van der Waals surface area contributed by atoms with Crippen molar-refractivity contribution in [3.05, 3.63) is 283 Å². The Bertz CT molecular complexity index is 3870. The van der Waals surface area contributed by atoms with Crippen molar-refractivity contribution in [2.75, 3.05) is 9.80 Å². The first-order valence-corrected chi connectivity index (χ1v) is 23.5. The summed E-state index contributed by atoms with van der Waals surface area (Å²) in [6.45, 7) is 0. The van der Waals surface area contributed by atoms with Gasteiger partial charge in [0.15, 0.2) is 0 Å². The van der Waals surface area contributed by atoms with E-state index in [4.69, 9.17) is 0 Å². The van der Waals surface area contributed by atoms with Gasteiger partial charge in [-0.25, -0.2) is 0 Å². The van der Waals surface area contributed by atoms with E-state index in [1.54, 1.807) is 0 Å². The number of anilines is 6. The number of hydrogen-bond acceptors (Lipinski definition) is 2. The number of aromatic nitrogens is 1. The van der Waals surface area contributed by atoms with Gasteiger partial charge >= 0.3 is 0 Å². The molecule has 3 heteroatoms. The molecule has 14 rings (SSSR count). The molecule has 1 spiro atoms. The van der Waals surface area contributed by atoms with E-state index < -0.39 is 5.41 Å². The molecule has 0 N–H and O–H groups in total. The smallest absolute Gasteiger partial charge is 0.0746 e. The highest BCUT2D eigenvalue weighted by Crippen LogP contribution is 2.67. The molecule has 0 radical (unpaired) electrons. The summed E-state index contributed by atoms with van der Waals surface area (Å²) < 4.78 is 2.43. The zero-order valence-corrected chi connectivity index (χ0v) is 37.2. The van der Waals surface area contributed by atoms with Crippen LogP contribution in [0.2, 0.25) is 0 Å². The van der Waals surface area contributed by atoms with E-state index in [9.17, 15) is 0 Å². The van der Waals surface area contributed by atoms with Gasteiger partial charge in [-0.05, 0) is 135 Å². The highest BCUT2D eigenvalue weighted by atomic mass is 15.2. The lowest BCUT2D eigenvalue weighted by atomic mass is 9.69. The second-order valence-corrected chi connectivity index (χ2v) is 18.0. The van der Waals surface area contributed by atoms with Gasteiger partial charge in [0.2, 0.25) is 0 Å². The van der Waals surface area contributed by atoms with Gasteiger partial charge in [0.1, 0.15) is 0 Å². The summed E-state index contributed by atoms with van der Waals surface area (Å²) in [5.74, 6) is 0. The summed E-state index contributed by atoms with van der Waals surface area (Å²) in [7, 11) is 0. The Hall–Kier alpha value is -8.92. The van der Waals surface area contributed by atoms with Crippen molar-refractivity contribution in [2.24, 2.45) is 0 Å². The standard InChI is InChI=1S/C65H43N3/c1-5-22-45(23-6-1)66(46-24-7-2-8-25-46)49-38-40-59-56(42-49)52-31-15-18-34-57(52)65(59)58-35-19-16-33-55(58)63-51-30-14-13-21-44(51)41-62(64(63)65)67(47-26-9-3-10-27-47)50-37-39-54-53-32-17-20-36-60(53)68(61(54)43-50)48-28-11-4-12-29-48/h1-43H. The molecule has 11 aromatic carbocycles. The Balaban J connectivity index is 1.09. The number of para-hydroxylation sites is 5. The van der Waals surface area contributed by atoms with E-state index in [2.05, 4.69) is 275 Å². The van der Waals surface area contributed by atoms with E-state index in [0.29, 0.717) is 0 Å². The molecule has 0 saturated carbocycles. The molecule has 0 bridgehead atoms. The lowest BCUT2D eigenvalue weighted by Gasteiger charge is -2.36. The van der Waals surface area contributed by atoms with Crippen LogP contribution in [0.5, 0.6) is 0 Å². The van der Waals surface area contributed by atoms with Crippen LogP contribution in [0.25, 0.3) is 60.5 Å². The maximum absolute atomic E-state index is 2.53. The van der Waals surface area contributed by atoms with Gasteiger partial charge < -0.3 is 14.4 Å². The van der Waals surface area contributed by atoms with Gasteiger partial charge in [0, 0.05) is 50.5 Å². The van der Waals surface area contributed by atoms with Crippen LogP contribution in [-0.4, -0.2) is 4.57 Å². The molecule has 2 aliphatic rings. The third-order valence-electron chi connectivity index (χ3n) is 14.5. The minimum absolute atomic E-state index is 0.643. The fourth-order valence-corrected chi connectivity index (χ4v) is 11.9. The van der Waals surface area contributed by atoms with Gasteiger partial charge in [0.05, 0.1) is 22.1 Å². The SMILES string of the molecule is c1ccc(N(c2ccccc2)c2ccc3c(c2)-c2ccccc2C32c3ccccc3-c3c2c(N(c2ccccc2)c2ccc4c5ccccc5n(-c5ccccc5)c4c2)cc2ccccc32)cc1. The fourth-order valence-electron chi connectivity index (χ4n) is 11.9. The van der Waals surface area contributed by atoms with Crippen molar-refractivity contribution in [1.82, 2.24) is 4.57 Å². The molecule has 0 amide bonds. The van der Waals surface area contributed by atoms with Crippen LogP contribution in [0.1, 0.15) is 22.3 Å². The lowest BCUT2D eigenvalue weighted by molar-refractivity contribution is 0.793. The summed E-state index contributed by atoms with van der Waals surface area (Å²) in [4.78, 5) is 4.91. The second kappa shape index (κ2) is 15.1. The number of benzene rings is 11. The molecule has 1 unspecified atom stereocenters. The van der Waals surface area contributed by atoms with Crippen molar-refractivity contribution in [3.8, 4) is 27.9 Å². The molecule has 318 valence electrons. The number of fused-ring (bicyclic) bond motifs is 15. The third-order valence-corrected chi connectivity index (χ3v) is 14.5. The van der Waals surface area contributed by atoms with Gasteiger partial charge in [-0.1, -0.05) is 176 Å². The summed E-state index contributed by atoms with van der Waals surface area (Å²) in [6, 6.07) is 96.2. The van der Waals surface area contributed by atoms with Crippen molar-refractivity contribution < 1.29 is 0 Å². The average Bonchev–Trinajstić information content (AvgIpc) is 4.02. The number of hydrogen-bond donors (Lipinski definition) is 0. The van der Waals surface area contributed by atoms with E-state index in [1.165, 1.54) is 71.6 Å². The van der Waals surface area contributed by atoms with Crippen LogP contribution in [0.15, 0.2) is 261 Å². The highest BCUT2D eigenvalue weighted by Gasteiger charge is 2.54. The van der Waals surface area contributed by atoms with Crippen LogP contribution >= 0.6 is 0 Å². The number of nitrogens with zero attached hydrogens (tertiary/aromatic N) is 3. The predicted octanol–water partition coefficient (Wildman–Crippen LogP) is 17.2. The molecule has 0 fully saturated rings. The largest absolute Gasteiger partial charge is 0.310 e. The minimum Gasteiger partial charge on any atom is -0.310 e. The quantitative estimate of drug-likeness (QED) is 0.158. The Kier molecular flexibility index (Phi) is 8.50. The van der Waals surface area contributed by atoms with E-state index >= 15 is 0 Å². The maximum Gasteiger partial charge on any atom is 0.0746 e. The topological polar surface area (TPSA) is 11.4 Å². The van der Waals surface area contributed by atoms with Crippen LogP contribution < -0.4 is 9.80 Å². The molecule has 12 aromatic rings. The first-order valence-electron chi connectivity index (χ1n) is 23.5. The lowest BCUT2D eigenvalue weighted by Crippen LogP contribution is -2.28. The zero-order valence-electron chi connectivity index (χ0n) is 37.2. The maximum atomic E-state index is 2.53. The number of rotatable bonds is 7. The normalized spacial score (nSPS) is 14.2. The summed E-state index contributed by atoms with van der Waals surface area (Å²) in [6.07, 6.45) is 0. The van der Waals surface area contributed by atoms with Gasteiger partial charge in [0.25, 0.3) is 0 Å². The first-order chi connectivity index (χ1) is 33.8. The first kappa shape index (κ1) is 38.4. The van der Waals surface area contributed by atoms with Gasteiger partial charge in [-0.15, -0.1) is 0 Å². The van der Waals surface area contributed by atoms with Crippen molar-refractivity contribution in [3.63, 3.8) is 0 Å². The summed E-state index contributed by atoms with van der Waals surface area (Å²) >= 11 is 0. The van der Waals surface area contributed by atoms with Crippen LogP contribution in [0.3, 0.4) is 0 Å². The molecule has 68 heavy (non-hydrogen) atoms. The van der Waals surface area contributed by atoms with Gasteiger partial charge in [-0.2, -0.15) is 0 Å². The van der Waals surface area contributed by atoms with Crippen LogP contribution in [0, 0.1) is 0 Å². The Labute approximate surface area is 395 Å². The molecule has 1 heterocycles. The zero-order chi connectivity index (χ0) is 44.8. The van der Waals surface area contributed by atoms with Crippen molar-refractivity contribution in [1.29, 1.82) is 0 Å². The predicted molar refractivity (Wildman–Crippen MR) is 284 cm³/mol. The van der Waals surface area contributed by atoms with E-state index in [-0.39, 0.29) is 0 Å².